The number of aldehydes is 1. The van der Waals surface area contributed by atoms with Crippen LogP contribution in [0.25, 0.3) is 0 Å². The zero-order valence-corrected chi connectivity index (χ0v) is 10.9. The lowest BCUT2D eigenvalue weighted by molar-refractivity contribution is -0.109. The van der Waals surface area contributed by atoms with E-state index in [4.69, 9.17) is 4.74 Å². The van der Waals surface area contributed by atoms with E-state index in [2.05, 4.69) is 5.32 Å². The van der Waals surface area contributed by atoms with Gasteiger partial charge < -0.3 is 9.53 Å². The zero-order chi connectivity index (χ0) is 13.6. The van der Waals surface area contributed by atoms with Gasteiger partial charge >= 0.3 is 6.09 Å². The van der Waals surface area contributed by atoms with E-state index in [0.29, 0.717) is 12.7 Å². The molecule has 0 saturated carbocycles. The summed E-state index contributed by atoms with van der Waals surface area (Å²) in [6.45, 7) is 5.27. The van der Waals surface area contributed by atoms with Crippen LogP contribution in [-0.4, -0.2) is 24.0 Å². The van der Waals surface area contributed by atoms with Crippen molar-refractivity contribution < 1.29 is 14.3 Å². The van der Waals surface area contributed by atoms with Crippen LogP contribution >= 0.6 is 0 Å². The number of nitrogens with zero attached hydrogens (tertiary/aromatic N) is 1. The topological polar surface area (TPSA) is 57.5 Å². The summed E-state index contributed by atoms with van der Waals surface area (Å²) in [4.78, 5) is 22.4. The minimum absolute atomic E-state index is 0.406. The Bertz CT molecular complexity index is 395. The van der Waals surface area contributed by atoms with Crippen LogP contribution in [0.15, 0.2) is 30.3 Å². The largest absolute Gasteiger partial charge is 0.442 e. The van der Waals surface area contributed by atoms with Crippen molar-refractivity contribution in [2.75, 3.05) is 0 Å². The fraction of sp³-hybridized carbons (Fsp3) is 0.429. The molecule has 0 aliphatic carbocycles. The Morgan fingerprint density at radius 1 is 1.33 bits per heavy atom. The first-order valence-corrected chi connectivity index (χ1v) is 5.84. The van der Waals surface area contributed by atoms with Gasteiger partial charge in [0.1, 0.15) is 17.9 Å². The minimum atomic E-state index is -0.699. The maximum absolute atomic E-state index is 11.5. The fourth-order valence-electron chi connectivity index (χ4n) is 1.40. The summed E-state index contributed by atoms with van der Waals surface area (Å²) in [5.41, 5.74) is 0.364. The lowest BCUT2D eigenvalue weighted by Gasteiger charge is -2.20. The summed E-state index contributed by atoms with van der Waals surface area (Å²) in [5, 5.41) is 3.75. The highest BCUT2D eigenvalue weighted by molar-refractivity contribution is 5.73. The molecule has 0 aliphatic heterocycles. The second-order valence-corrected chi connectivity index (χ2v) is 5.00. The highest BCUT2D eigenvalue weighted by atomic mass is 16.6. The van der Waals surface area contributed by atoms with Gasteiger partial charge in [-0.1, -0.05) is 30.3 Å². The minimum Gasteiger partial charge on any atom is -0.442 e. The monoisotopic (exact) mass is 248 g/mol. The predicted molar refractivity (Wildman–Crippen MR) is 68.4 cm³/mol. The van der Waals surface area contributed by atoms with Crippen LogP contribution in [0, 0.1) is 0 Å². The van der Waals surface area contributed by atoms with E-state index >= 15 is 0 Å². The quantitative estimate of drug-likeness (QED) is 0.768. The van der Waals surface area contributed by atoms with E-state index < -0.39 is 17.7 Å². The van der Waals surface area contributed by atoms with Crippen LogP contribution in [0.3, 0.4) is 0 Å². The molecule has 0 fully saturated rings. The molecular formula is C14H18NO3. The summed E-state index contributed by atoms with van der Waals surface area (Å²) < 4.78 is 5.04. The smallest absolute Gasteiger partial charge is 0.430 e. The molecular weight excluding hydrogens is 230 g/mol. The molecule has 1 rings (SSSR count). The molecule has 1 amide bonds. The normalized spacial score (nSPS) is 12.6. The second kappa shape index (κ2) is 6.19. The van der Waals surface area contributed by atoms with Crippen molar-refractivity contribution in [2.45, 2.75) is 38.8 Å². The molecule has 0 N–H and O–H groups in total. The van der Waals surface area contributed by atoms with Gasteiger partial charge in [-0.05, 0) is 26.3 Å². The zero-order valence-electron chi connectivity index (χ0n) is 10.9. The van der Waals surface area contributed by atoms with Crippen LogP contribution in [0.4, 0.5) is 4.79 Å². The average molecular weight is 248 g/mol. The van der Waals surface area contributed by atoms with Crippen molar-refractivity contribution in [1.82, 2.24) is 5.32 Å². The maximum atomic E-state index is 11.5. The van der Waals surface area contributed by atoms with Gasteiger partial charge in [-0.3, -0.25) is 0 Å². The van der Waals surface area contributed by atoms with Gasteiger partial charge in [-0.15, -0.1) is 0 Å². The summed E-state index contributed by atoms with van der Waals surface area (Å²) in [6.07, 6.45) is 0.371. The van der Waals surface area contributed by atoms with Gasteiger partial charge in [0.25, 0.3) is 0 Å². The average Bonchev–Trinajstić information content (AvgIpc) is 2.27. The molecule has 4 nitrogen and oxygen atoms in total. The van der Waals surface area contributed by atoms with Crippen LogP contribution in [0.1, 0.15) is 26.3 Å². The van der Waals surface area contributed by atoms with Crippen molar-refractivity contribution in [3.05, 3.63) is 35.9 Å². The Kier molecular flexibility index (Phi) is 4.89. The third-order valence-electron chi connectivity index (χ3n) is 2.11. The molecule has 18 heavy (non-hydrogen) atoms. The van der Waals surface area contributed by atoms with Crippen molar-refractivity contribution >= 4 is 12.4 Å². The summed E-state index contributed by atoms with van der Waals surface area (Å²) in [6, 6.07) is 8.74. The predicted octanol–water partition coefficient (Wildman–Crippen LogP) is 2.34. The Morgan fingerprint density at radius 3 is 2.44 bits per heavy atom. The number of rotatable bonds is 4. The number of amides is 1. The van der Waals surface area contributed by atoms with E-state index in [1.54, 1.807) is 20.8 Å². The van der Waals surface area contributed by atoms with E-state index in [9.17, 15) is 9.59 Å². The Labute approximate surface area is 107 Å². The van der Waals surface area contributed by atoms with Gasteiger partial charge in [0, 0.05) is 6.42 Å². The molecule has 4 heteroatoms. The molecule has 1 atom stereocenters. The number of hydrogen-bond acceptors (Lipinski definition) is 3. The first kappa shape index (κ1) is 14.2. The fourth-order valence-corrected chi connectivity index (χ4v) is 1.40. The first-order valence-electron chi connectivity index (χ1n) is 5.84. The number of ether oxygens (including phenoxy) is 1. The number of benzene rings is 1. The molecule has 0 unspecified atom stereocenters. The summed E-state index contributed by atoms with van der Waals surface area (Å²) in [7, 11) is 0. The highest BCUT2D eigenvalue weighted by Crippen LogP contribution is 2.08. The molecule has 0 aromatic heterocycles. The standard InChI is InChI=1S/C14H18NO3/c1-14(2,3)18-13(17)15-12(10-16)9-11-7-5-4-6-8-11/h4-8,10,12H,9H2,1-3H3/t12-/m0/s1. The van der Waals surface area contributed by atoms with Gasteiger partial charge in [-0.2, -0.15) is 0 Å². The maximum Gasteiger partial charge on any atom is 0.430 e. The lowest BCUT2D eigenvalue weighted by atomic mass is 10.1. The Morgan fingerprint density at radius 2 is 1.94 bits per heavy atom. The van der Waals surface area contributed by atoms with Crippen molar-refractivity contribution in [3.8, 4) is 0 Å². The second-order valence-electron chi connectivity index (χ2n) is 5.00. The van der Waals surface area contributed by atoms with E-state index in [1.807, 2.05) is 30.3 Å². The van der Waals surface area contributed by atoms with Crippen LogP contribution < -0.4 is 5.32 Å². The van der Waals surface area contributed by atoms with E-state index in [0.717, 1.165) is 5.56 Å². The van der Waals surface area contributed by atoms with Crippen LogP contribution in [0.2, 0.25) is 0 Å². The SMILES string of the molecule is CC(C)(C)OC(=O)[N][C@H](C=O)Cc1ccccc1. The van der Waals surface area contributed by atoms with Gasteiger partial charge in [0.15, 0.2) is 0 Å². The van der Waals surface area contributed by atoms with Crippen LogP contribution in [-0.2, 0) is 16.0 Å². The van der Waals surface area contributed by atoms with Gasteiger partial charge in [0.05, 0.1) is 0 Å². The molecule has 97 valence electrons. The van der Waals surface area contributed by atoms with Crippen molar-refractivity contribution in [2.24, 2.45) is 0 Å². The molecule has 0 bridgehead atoms. The van der Waals surface area contributed by atoms with Crippen molar-refractivity contribution in [3.63, 3.8) is 0 Å². The molecule has 1 aromatic carbocycles. The summed E-state index contributed by atoms with van der Waals surface area (Å²) in [5.74, 6) is 0. The summed E-state index contributed by atoms with van der Waals surface area (Å²) >= 11 is 0. The van der Waals surface area contributed by atoms with Gasteiger partial charge in [0.2, 0.25) is 0 Å². The van der Waals surface area contributed by atoms with Crippen LogP contribution in [0.5, 0.6) is 0 Å². The lowest BCUT2D eigenvalue weighted by Crippen LogP contribution is -2.35. The van der Waals surface area contributed by atoms with Gasteiger partial charge in [-0.25, -0.2) is 10.1 Å². The molecule has 0 heterocycles. The first-order chi connectivity index (χ1) is 8.40. The number of carbonyl (C=O) groups excluding carboxylic acids is 2. The Hall–Kier alpha value is -1.84. The number of hydrogen-bond donors (Lipinski definition) is 0. The molecule has 1 aromatic rings. The van der Waals surface area contributed by atoms with E-state index in [1.165, 1.54) is 0 Å². The Balaban J connectivity index is 2.53. The molecule has 0 saturated heterocycles. The third-order valence-corrected chi connectivity index (χ3v) is 2.11. The molecule has 1 radical (unpaired) electrons. The third kappa shape index (κ3) is 5.48. The molecule has 0 aliphatic rings. The van der Waals surface area contributed by atoms with E-state index in [-0.39, 0.29) is 0 Å². The number of carbonyl (C=O) groups is 2. The van der Waals surface area contributed by atoms with Crippen molar-refractivity contribution in [1.29, 1.82) is 0 Å². The molecule has 0 spiro atoms. The highest BCUT2D eigenvalue weighted by Gasteiger charge is 2.21.